The van der Waals surface area contributed by atoms with E-state index >= 15 is 0 Å². The Morgan fingerprint density at radius 2 is 2.13 bits per heavy atom. The fourth-order valence-electron chi connectivity index (χ4n) is 3.10. The van der Waals surface area contributed by atoms with Gasteiger partial charge in [-0.1, -0.05) is 0 Å². The zero-order valence-corrected chi connectivity index (χ0v) is 16.7. The molecule has 31 heavy (non-hydrogen) atoms. The molecule has 0 bridgehead atoms. The Kier molecular flexibility index (Phi) is 3.74. The standard InChI is InChI=1S/C20H23N9O2/c1-5-29-16-12(8-24-29)6-7-15(17(16)31-4)26-18-14(19(30)21-2)10-22-20(27-18)25-13-9-23-28(3)11-13/h6-11H,5H2,1-4H3,(H,21,30)(H2,22,25,26,27)/i2D3,4D3. The predicted octanol–water partition coefficient (Wildman–Crippen LogP) is 2.44. The fourth-order valence-corrected chi connectivity index (χ4v) is 3.10. The molecule has 0 unspecified atom stereocenters. The third-order valence-electron chi connectivity index (χ3n) is 4.52. The summed E-state index contributed by atoms with van der Waals surface area (Å²) in [5, 5.41) is 16.7. The number of benzene rings is 1. The normalized spacial score (nSPS) is 14.5. The summed E-state index contributed by atoms with van der Waals surface area (Å²) in [6.45, 7) is -0.490. The van der Waals surface area contributed by atoms with E-state index in [9.17, 15) is 4.79 Å². The van der Waals surface area contributed by atoms with Crippen molar-refractivity contribution in [3.63, 3.8) is 0 Å². The monoisotopic (exact) mass is 427 g/mol. The smallest absolute Gasteiger partial charge is 0.256 e. The molecule has 11 nitrogen and oxygen atoms in total. The molecule has 0 aliphatic rings. The second kappa shape index (κ2) is 8.30. The van der Waals surface area contributed by atoms with Crippen LogP contribution < -0.4 is 20.7 Å². The van der Waals surface area contributed by atoms with Crippen molar-refractivity contribution >= 4 is 40.0 Å². The third kappa shape index (κ3) is 3.84. The lowest BCUT2D eigenvalue weighted by Gasteiger charge is -2.15. The molecule has 0 atom stereocenters. The van der Waals surface area contributed by atoms with Crippen molar-refractivity contribution < 1.29 is 17.8 Å². The molecular formula is C20H23N9O2. The highest BCUT2D eigenvalue weighted by Crippen LogP contribution is 2.36. The summed E-state index contributed by atoms with van der Waals surface area (Å²) in [6, 6.07) is 3.24. The molecule has 0 aliphatic heterocycles. The number of amides is 1. The molecule has 4 aromatic rings. The fraction of sp³-hybridized carbons (Fsp3) is 0.250. The molecule has 0 radical (unpaired) electrons. The van der Waals surface area contributed by atoms with Crippen molar-refractivity contribution in [1.29, 1.82) is 0 Å². The number of hydrogen-bond acceptors (Lipinski definition) is 8. The Hall–Kier alpha value is -4.15. The van der Waals surface area contributed by atoms with Crippen molar-refractivity contribution in [2.75, 3.05) is 24.6 Å². The van der Waals surface area contributed by atoms with Crippen LogP contribution in [0.5, 0.6) is 5.75 Å². The Balaban J connectivity index is 1.82. The lowest BCUT2D eigenvalue weighted by molar-refractivity contribution is 0.0963. The summed E-state index contributed by atoms with van der Waals surface area (Å²) in [5.41, 5.74) is 0.942. The van der Waals surface area contributed by atoms with Crippen LogP contribution in [0.3, 0.4) is 0 Å². The van der Waals surface area contributed by atoms with Crippen molar-refractivity contribution in [2.24, 2.45) is 7.05 Å². The van der Waals surface area contributed by atoms with E-state index < -0.39 is 19.9 Å². The van der Waals surface area contributed by atoms with Gasteiger partial charge in [0, 0.05) is 42.5 Å². The van der Waals surface area contributed by atoms with Crippen LogP contribution in [0.2, 0.25) is 0 Å². The second-order valence-electron chi connectivity index (χ2n) is 6.51. The van der Waals surface area contributed by atoms with Gasteiger partial charge in [0.15, 0.2) is 5.75 Å². The summed E-state index contributed by atoms with van der Waals surface area (Å²) >= 11 is 0. The number of aryl methyl sites for hydroxylation is 2. The van der Waals surface area contributed by atoms with Crippen molar-refractivity contribution in [2.45, 2.75) is 13.5 Å². The van der Waals surface area contributed by atoms with Crippen LogP contribution in [0.4, 0.5) is 23.1 Å². The van der Waals surface area contributed by atoms with Crippen LogP contribution in [0.1, 0.15) is 25.5 Å². The van der Waals surface area contributed by atoms with Gasteiger partial charge < -0.3 is 20.7 Å². The van der Waals surface area contributed by atoms with Crippen LogP contribution in [0.15, 0.2) is 36.9 Å². The first-order valence-electron chi connectivity index (χ1n) is 12.2. The number of methoxy groups -OCH3 is 1. The highest BCUT2D eigenvalue weighted by molar-refractivity contribution is 6.00. The van der Waals surface area contributed by atoms with Crippen molar-refractivity contribution in [1.82, 2.24) is 34.8 Å². The van der Waals surface area contributed by atoms with E-state index in [1.807, 2.05) is 12.2 Å². The number of aromatic nitrogens is 6. The third-order valence-corrected chi connectivity index (χ3v) is 4.52. The van der Waals surface area contributed by atoms with Crippen LogP contribution in [-0.4, -0.2) is 49.4 Å². The Morgan fingerprint density at radius 1 is 1.23 bits per heavy atom. The number of carbonyl (C=O) groups excluding carboxylic acids is 1. The minimum absolute atomic E-state index is 0.0422. The average molecular weight is 428 g/mol. The number of rotatable bonds is 7. The minimum atomic E-state index is -2.80. The summed E-state index contributed by atoms with van der Waals surface area (Å²) in [5.74, 6) is -1.04. The highest BCUT2D eigenvalue weighted by Gasteiger charge is 2.18. The molecule has 1 amide bonds. The van der Waals surface area contributed by atoms with Crippen LogP contribution in [0, 0.1) is 0 Å². The maximum Gasteiger partial charge on any atom is 0.256 e. The summed E-state index contributed by atoms with van der Waals surface area (Å²) in [6.07, 6.45) is 5.93. The first kappa shape index (κ1) is 14.0. The molecule has 3 aromatic heterocycles. The van der Waals surface area contributed by atoms with Crippen LogP contribution in [-0.2, 0) is 13.6 Å². The number of carbonyl (C=O) groups is 1. The molecule has 3 N–H and O–H groups in total. The van der Waals surface area contributed by atoms with E-state index in [-0.39, 0.29) is 28.8 Å². The molecule has 0 fully saturated rings. The lowest BCUT2D eigenvalue weighted by Crippen LogP contribution is -2.20. The molecule has 11 heteroatoms. The summed E-state index contributed by atoms with van der Waals surface area (Å²) in [4.78, 5) is 21.2. The predicted molar refractivity (Wildman–Crippen MR) is 117 cm³/mol. The zero-order valence-electron chi connectivity index (χ0n) is 22.7. The van der Waals surface area contributed by atoms with Gasteiger partial charge in [0.1, 0.15) is 16.9 Å². The number of anilines is 4. The van der Waals surface area contributed by atoms with Gasteiger partial charge in [0.25, 0.3) is 5.91 Å². The first-order valence-corrected chi connectivity index (χ1v) is 9.23. The van der Waals surface area contributed by atoms with Crippen molar-refractivity contribution in [3.05, 3.63) is 42.5 Å². The lowest BCUT2D eigenvalue weighted by atomic mass is 10.2. The molecule has 160 valence electrons. The van der Waals surface area contributed by atoms with E-state index in [0.717, 1.165) is 6.20 Å². The van der Waals surface area contributed by atoms with Gasteiger partial charge in [-0.3, -0.25) is 14.2 Å². The molecule has 1 aromatic carbocycles. The maximum atomic E-state index is 12.8. The second-order valence-corrected chi connectivity index (χ2v) is 6.51. The van der Waals surface area contributed by atoms with Crippen molar-refractivity contribution in [3.8, 4) is 5.75 Å². The number of nitrogens with one attached hydrogen (secondary N) is 3. The van der Waals surface area contributed by atoms with E-state index in [0.29, 0.717) is 23.1 Å². The molecule has 0 saturated carbocycles. The Morgan fingerprint density at radius 3 is 2.87 bits per heavy atom. The van der Waals surface area contributed by atoms with E-state index in [1.54, 1.807) is 40.9 Å². The van der Waals surface area contributed by atoms with Crippen LogP contribution >= 0.6 is 0 Å². The molecular weight excluding hydrogens is 398 g/mol. The highest BCUT2D eigenvalue weighted by atomic mass is 16.5. The van der Waals surface area contributed by atoms with Gasteiger partial charge >= 0.3 is 0 Å². The summed E-state index contributed by atoms with van der Waals surface area (Å²) < 4.78 is 53.6. The number of hydrogen-bond donors (Lipinski definition) is 3. The number of nitrogens with zero attached hydrogens (tertiary/aromatic N) is 6. The van der Waals surface area contributed by atoms with Gasteiger partial charge in [-0.15, -0.1) is 0 Å². The minimum Gasteiger partial charge on any atom is -0.492 e. The Labute approximate surface area is 186 Å². The van der Waals surface area contributed by atoms with E-state index in [4.69, 9.17) is 13.0 Å². The van der Waals surface area contributed by atoms with Gasteiger partial charge in [-0.05, 0) is 19.1 Å². The summed E-state index contributed by atoms with van der Waals surface area (Å²) in [7, 11) is -1.07. The molecule has 0 aliphatic carbocycles. The average Bonchev–Trinajstić information content (AvgIpc) is 3.39. The SMILES string of the molecule is [2H]C([2H])([2H])NC(=O)c1cnc(Nc2cnn(C)c2)nc1Nc1ccc2cnn(CC)c2c1OC([2H])([2H])[2H]. The Bertz CT molecular complexity index is 1440. The molecule has 3 heterocycles. The van der Waals surface area contributed by atoms with E-state index in [2.05, 4.69) is 30.8 Å². The number of fused-ring (bicyclic) bond motifs is 1. The zero-order chi connectivity index (χ0) is 27.0. The van der Waals surface area contributed by atoms with Gasteiger partial charge in [-0.2, -0.15) is 15.2 Å². The van der Waals surface area contributed by atoms with Gasteiger partial charge in [0.05, 0.1) is 34.9 Å². The number of ether oxygens (including phenoxy) is 1. The largest absolute Gasteiger partial charge is 0.492 e. The first-order chi connectivity index (χ1) is 17.3. The van der Waals surface area contributed by atoms with Gasteiger partial charge in [0.2, 0.25) is 5.95 Å². The van der Waals surface area contributed by atoms with Gasteiger partial charge in [-0.25, -0.2) is 4.98 Å². The molecule has 0 spiro atoms. The van der Waals surface area contributed by atoms with Crippen LogP contribution in [0.25, 0.3) is 10.9 Å². The van der Waals surface area contributed by atoms with E-state index in [1.165, 1.54) is 6.20 Å². The molecule has 0 saturated heterocycles. The molecule has 4 rings (SSSR count). The maximum absolute atomic E-state index is 12.8. The quantitative estimate of drug-likeness (QED) is 0.411. The topological polar surface area (TPSA) is 124 Å².